The lowest BCUT2D eigenvalue weighted by molar-refractivity contribution is -0.135. The standard InChI is InChI=1S/C13H21N3OS/c1-9-4-5-11(18-9)13(10(2)14)16-7-6-15(3)12(17)8-16/h4-5,10,13H,6-8,14H2,1-3H3. The van der Waals surface area contributed by atoms with Crippen LogP contribution in [0.2, 0.25) is 0 Å². The molecule has 0 aliphatic carbocycles. The quantitative estimate of drug-likeness (QED) is 0.896. The van der Waals surface area contributed by atoms with Crippen LogP contribution in [0.4, 0.5) is 0 Å². The van der Waals surface area contributed by atoms with Crippen LogP contribution in [-0.2, 0) is 4.79 Å². The summed E-state index contributed by atoms with van der Waals surface area (Å²) in [7, 11) is 1.86. The van der Waals surface area contributed by atoms with Crippen molar-refractivity contribution in [3.63, 3.8) is 0 Å². The summed E-state index contributed by atoms with van der Waals surface area (Å²) in [6.07, 6.45) is 0. The number of amides is 1. The van der Waals surface area contributed by atoms with Crippen molar-refractivity contribution in [3.8, 4) is 0 Å². The van der Waals surface area contributed by atoms with E-state index in [1.165, 1.54) is 9.75 Å². The van der Waals surface area contributed by atoms with Gasteiger partial charge in [0.25, 0.3) is 0 Å². The van der Waals surface area contributed by atoms with Gasteiger partial charge in [0, 0.05) is 35.9 Å². The molecule has 1 aliphatic rings. The molecule has 2 heterocycles. The maximum atomic E-state index is 11.8. The monoisotopic (exact) mass is 267 g/mol. The van der Waals surface area contributed by atoms with E-state index < -0.39 is 0 Å². The summed E-state index contributed by atoms with van der Waals surface area (Å²) in [6, 6.07) is 4.44. The Labute approximate surface area is 112 Å². The number of aryl methyl sites for hydroxylation is 1. The van der Waals surface area contributed by atoms with Crippen LogP contribution in [0.15, 0.2) is 12.1 Å². The maximum Gasteiger partial charge on any atom is 0.236 e. The zero-order valence-corrected chi connectivity index (χ0v) is 12.0. The summed E-state index contributed by atoms with van der Waals surface area (Å²) in [5.41, 5.74) is 6.13. The van der Waals surface area contributed by atoms with Crippen LogP contribution in [-0.4, -0.2) is 48.4 Å². The van der Waals surface area contributed by atoms with E-state index in [-0.39, 0.29) is 18.0 Å². The largest absolute Gasteiger partial charge is 0.343 e. The number of thiophene rings is 1. The molecule has 0 aromatic carbocycles. The van der Waals surface area contributed by atoms with Gasteiger partial charge < -0.3 is 10.6 Å². The van der Waals surface area contributed by atoms with E-state index in [4.69, 9.17) is 5.73 Å². The van der Waals surface area contributed by atoms with Gasteiger partial charge in [0.05, 0.1) is 12.6 Å². The Hall–Kier alpha value is -0.910. The van der Waals surface area contributed by atoms with Gasteiger partial charge in [0.1, 0.15) is 0 Å². The first-order valence-corrected chi connectivity index (χ1v) is 7.10. The molecule has 1 aliphatic heterocycles. The molecule has 2 rings (SSSR count). The molecule has 4 nitrogen and oxygen atoms in total. The minimum Gasteiger partial charge on any atom is -0.343 e. The van der Waals surface area contributed by atoms with Gasteiger partial charge in [-0.15, -0.1) is 11.3 Å². The predicted octanol–water partition coefficient (Wildman–Crippen LogP) is 1.22. The third kappa shape index (κ3) is 2.74. The number of nitrogens with two attached hydrogens (primary N) is 1. The fourth-order valence-electron chi connectivity index (χ4n) is 2.40. The molecular formula is C13H21N3OS. The van der Waals surface area contributed by atoms with Gasteiger partial charge in [0.2, 0.25) is 5.91 Å². The molecule has 0 radical (unpaired) electrons. The Bertz CT molecular complexity index is 430. The van der Waals surface area contributed by atoms with Crippen LogP contribution in [0.5, 0.6) is 0 Å². The molecule has 2 unspecified atom stereocenters. The summed E-state index contributed by atoms with van der Waals surface area (Å²) in [4.78, 5) is 18.4. The highest BCUT2D eigenvalue weighted by molar-refractivity contribution is 7.12. The summed E-state index contributed by atoms with van der Waals surface area (Å²) in [5, 5.41) is 0. The minimum absolute atomic E-state index is 0.0271. The average Bonchev–Trinajstić information content (AvgIpc) is 2.70. The van der Waals surface area contributed by atoms with Crippen molar-refractivity contribution >= 4 is 17.2 Å². The van der Waals surface area contributed by atoms with E-state index >= 15 is 0 Å². The van der Waals surface area contributed by atoms with Crippen LogP contribution in [0, 0.1) is 6.92 Å². The van der Waals surface area contributed by atoms with E-state index in [1.54, 1.807) is 16.2 Å². The van der Waals surface area contributed by atoms with Gasteiger partial charge in [0.15, 0.2) is 0 Å². The number of likely N-dealkylation sites (N-methyl/N-ethyl adjacent to an activating group) is 1. The Kier molecular flexibility index (Phi) is 4.04. The SMILES string of the molecule is Cc1ccc(C(C(C)N)N2CCN(C)C(=O)C2)s1. The third-order valence-electron chi connectivity index (χ3n) is 3.43. The van der Waals surface area contributed by atoms with Gasteiger partial charge in [-0.05, 0) is 26.0 Å². The van der Waals surface area contributed by atoms with Crippen LogP contribution in [0.1, 0.15) is 22.7 Å². The topological polar surface area (TPSA) is 49.6 Å². The molecule has 2 N–H and O–H groups in total. The molecule has 0 saturated carbocycles. The van der Waals surface area contributed by atoms with E-state index in [9.17, 15) is 4.79 Å². The predicted molar refractivity (Wildman–Crippen MR) is 74.7 cm³/mol. The Morgan fingerprint density at radius 2 is 2.11 bits per heavy atom. The smallest absolute Gasteiger partial charge is 0.236 e. The van der Waals surface area contributed by atoms with Crippen molar-refractivity contribution in [2.75, 3.05) is 26.7 Å². The summed E-state index contributed by atoms with van der Waals surface area (Å²) in [6.45, 7) is 6.27. The molecule has 1 aromatic heterocycles. The maximum absolute atomic E-state index is 11.8. The fraction of sp³-hybridized carbons (Fsp3) is 0.615. The molecule has 2 atom stereocenters. The average molecular weight is 267 g/mol. The summed E-state index contributed by atoms with van der Waals surface area (Å²) in [5.74, 6) is 0.181. The Morgan fingerprint density at radius 3 is 2.61 bits per heavy atom. The first kappa shape index (κ1) is 13.5. The highest BCUT2D eigenvalue weighted by atomic mass is 32.1. The second-order valence-corrected chi connectivity index (χ2v) is 6.36. The number of hydrogen-bond acceptors (Lipinski definition) is 4. The van der Waals surface area contributed by atoms with Crippen LogP contribution in [0.25, 0.3) is 0 Å². The molecule has 18 heavy (non-hydrogen) atoms. The van der Waals surface area contributed by atoms with E-state index in [2.05, 4.69) is 24.0 Å². The first-order valence-electron chi connectivity index (χ1n) is 6.29. The molecular weight excluding hydrogens is 246 g/mol. The van der Waals surface area contributed by atoms with Crippen molar-refractivity contribution in [3.05, 3.63) is 21.9 Å². The van der Waals surface area contributed by atoms with E-state index in [1.807, 2.05) is 14.0 Å². The van der Waals surface area contributed by atoms with Crippen molar-refractivity contribution in [1.29, 1.82) is 0 Å². The number of piperazine rings is 1. The van der Waals surface area contributed by atoms with E-state index in [0.29, 0.717) is 6.54 Å². The Balaban J connectivity index is 2.18. The normalized spacial score (nSPS) is 21.1. The second kappa shape index (κ2) is 5.38. The molecule has 1 amide bonds. The summed E-state index contributed by atoms with van der Waals surface area (Å²) >= 11 is 1.77. The van der Waals surface area contributed by atoms with Crippen molar-refractivity contribution in [2.24, 2.45) is 5.73 Å². The lowest BCUT2D eigenvalue weighted by Gasteiger charge is -2.38. The lowest BCUT2D eigenvalue weighted by Crippen LogP contribution is -2.52. The van der Waals surface area contributed by atoms with Crippen molar-refractivity contribution in [2.45, 2.75) is 25.9 Å². The molecule has 1 saturated heterocycles. The van der Waals surface area contributed by atoms with Crippen LogP contribution in [0.3, 0.4) is 0 Å². The molecule has 0 spiro atoms. The zero-order chi connectivity index (χ0) is 13.3. The van der Waals surface area contributed by atoms with Gasteiger partial charge in [-0.3, -0.25) is 9.69 Å². The van der Waals surface area contributed by atoms with Gasteiger partial charge in [-0.2, -0.15) is 0 Å². The van der Waals surface area contributed by atoms with Crippen molar-refractivity contribution in [1.82, 2.24) is 9.80 Å². The highest BCUT2D eigenvalue weighted by Crippen LogP contribution is 2.30. The molecule has 1 fully saturated rings. The second-order valence-electron chi connectivity index (χ2n) is 5.04. The van der Waals surface area contributed by atoms with E-state index in [0.717, 1.165) is 13.1 Å². The van der Waals surface area contributed by atoms with Gasteiger partial charge >= 0.3 is 0 Å². The molecule has 1 aromatic rings. The summed E-state index contributed by atoms with van der Waals surface area (Å²) < 4.78 is 0. The van der Waals surface area contributed by atoms with Gasteiger partial charge in [-0.1, -0.05) is 0 Å². The molecule has 0 bridgehead atoms. The number of carbonyl (C=O) groups excluding carboxylic acids is 1. The third-order valence-corrected chi connectivity index (χ3v) is 4.50. The van der Waals surface area contributed by atoms with Gasteiger partial charge in [-0.25, -0.2) is 0 Å². The number of hydrogen-bond donors (Lipinski definition) is 1. The first-order chi connectivity index (χ1) is 8.49. The highest BCUT2D eigenvalue weighted by Gasteiger charge is 2.30. The lowest BCUT2D eigenvalue weighted by atomic mass is 10.1. The zero-order valence-electron chi connectivity index (χ0n) is 11.2. The minimum atomic E-state index is 0.0271. The Morgan fingerprint density at radius 1 is 1.39 bits per heavy atom. The fourth-order valence-corrected chi connectivity index (χ4v) is 3.53. The van der Waals surface area contributed by atoms with Crippen LogP contribution < -0.4 is 5.73 Å². The molecule has 5 heteroatoms. The number of nitrogens with zero attached hydrogens (tertiary/aromatic N) is 2. The van der Waals surface area contributed by atoms with Crippen molar-refractivity contribution < 1.29 is 4.79 Å². The molecule has 100 valence electrons. The van der Waals surface area contributed by atoms with Crippen LogP contribution >= 0.6 is 11.3 Å². The number of rotatable bonds is 3. The number of carbonyl (C=O) groups is 1.